The summed E-state index contributed by atoms with van der Waals surface area (Å²) in [4.78, 5) is 13.9. The lowest BCUT2D eigenvalue weighted by Crippen LogP contribution is -2.43. The zero-order chi connectivity index (χ0) is 16.4. The molecule has 0 aliphatic carbocycles. The van der Waals surface area contributed by atoms with Gasteiger partial charge >= 0.3 is 0 Å². The van der Waals surface area contributed by atoms with E-state index >= 15 is 0 Å². The predicted octanol–water partition coefficient (Wildman–Crippen LogP) is 2.47. The summed E-state index contributed by atoms with van der Waals surface area (Å²) < 4.78 is 5.25. The van der Waals surface area contributed by atoms with E-state index in [1.165, 1.54) is 24.0 Å². The summed E-state index contributed by atoms with van der Waals surface area (Å²) in [5.41, 5.74) is 2.48. The molecule has 2 aliphatic rings. The largest absolute Gasteiger partial charge is 0.497 e. The number of nitrogens with one attached hydrogen (secondary N) is 1. The molecule has 0 saturated heterocycles. The van der Waals surface area contributed by atoms with Crippen LogP contribution < -0.4 is 15.0 Å². The molecule has 3 heterocycles. The number of methoxy groups -OCH3 is 1. The molecule has 0 radical (unpaired) electrons. The third-order valence-electron chi connectivity index (χ3n) is 4.70. The van der Waals surface area contributed by atoms with E-state index < -0.39 is 0 Å². The van der Waals surface area contributed by atoms with Gasteiger partial charge in [-0.15, -0.1) is 0 Å². The quantitative estimate of drug-likeness (QED) is 0.936. The molecule has 1 aromatic heterocycles. The lowest BCUT2D eigenvalue weighted by atomic mass is 10.1. The Kier molecular flexibility index (Phi) is 4.21. The minimum atomic E-state index is 0.837. The van der Waals surface area contributed by atoms with Gasteiger partial charge in [-0.2, -0.15) is 0 Å². The highest BCUT2D eigenvalue weighted by Crippen LogP contribution is 2.31. The maximum Gasteiger partial charge on any atom is 0.139 e. The molecule has 1 atom stereocenters. The Morgan fingerprint density at radius 2 is 2.04 bits per heavy atom. The van der Waals surface area contributed by atoms with Crippen LogP contribution in [0.4, 0.5) is 11.6 Å². The zero-order valence-corrected chi connectivity index (χ0v) is 14.0. The lowest BCUT2D eigenvalue weighted by Gasteiger charge is -2.37. The fraction of sp³-hybridized carbons (Fsp3) is 0.444. The molecular formula is C18H23N5O. The van der Waals surface area contributed by atoms with E-state index in [0.717, 1.165) is 50.2 Å². The van der Waals surface area contributed by atoms with Crippen LogP contribution in [0.15, 0.2) is 30.6 Å². The SMILES string of the molecule is COc1ccc(CN2CN3CCCCNc4ncnc2c4C3)cc1. The Labute approximate surface area is 142 Å². The standard InChI is InChI=1S/C18H23N5O/c1-24-15-6-4-14(5-7-15)10-23-13-22-9-3-2-8-19-17-16(11-22)18(23)21-12-20-17/h4-7,12H,2-3,8-11,13H2,1H3,(H,19,20,21). The van der Waals surface area contributed by atoms with E-state index in [0.29, 0.717) is 0 Å². The van der Waals surface area contributed by atoms with Crippen molar-refractivity contribution in [2.45, 2.75) is 25.9 Å². The van der Waals surface area contributed by atoms with E-state index in [9.17, 15) is 0 Å². The van der Waals surface area contributed by atoms with Crippen LogP contribution >= 0.6 is 0 Å². The highest BCUT2D eigenvalue weighted by atomic mass is 16.5. The molecule has 0 fully saturated rings. The third kappa shape index (κ3) is 3.01. The lowest BCUT2D eigenvalue weighted by molar-refractivity contribution is 0.246. The van der Waals surface area contributed by atoms with E-state index in [2.05, 4.69) is 37.2 Å². The minimum Gasteiger partial charge on any atom is -0.497 e. The first-order valence-electron chi connectivity index (χ1n) is 8.51. The second-order valence-electron chi connectivity index (χ2n) is 6.40. The van der Waals surface area contributed by atoms with E-state index in [4.69, 9.17) is 4.74 Å². The number of nitrogens with zero attached hydrogens (tertiary/aromatic N) is 4. The molecule has 24 heavy (non-hydrogen) atoms. The Hall–Kier alpha value is -2.34. The summed E-state index contributed by atoms with van der Waals surface area (Å²) in [6, 6.07) is 8.27. The molecule has 126 valence electrons. The molecule has 1 aromatic carbocycles. The summed E-state index contributed by atoms with van der Waals surface area (Å²) >= 11 is 0. The number of ether oxygens (including phenoxy) is 1. The second kappa shape index (κ2) is 6.65. The van der Waals surface area contributed by atoms with Crippen LogP contribution in [0.2, 0.25) is 0 Å². The van der Waals surface area contributed by atoms with Gasteiger partial charge in [-0.1, -0.05) is 12.1 Å². The summed E-state index contributed by atoms with van der Waals surface area (Å²) in [6.07, 6.45) is 4.06. The van der Waals surface area contributed by atoms with Crippen LogP contribution in [-0.2, 0) is 13.1 Å². The van der Waals surface area contributed by atoms with Crippen molar-refractivity contribution in [1.29, 1.82) is 0 Å². The molecule has 1 unspecified atom stereocenters. The molecule has 0 amide bonds. The van der Waals surface area contributed by atoms with Crippen molar-refractivity contribution in [2.75, 3.05) is 37.1 Å². The maximum absolute atomic E-state index is 5.25. The van der Waals surface area contributed by atoms with Crippen molar-refractivity contribution in [2.24, 2.45) is 0 Å². The fourth-order valence-corrected chi connectivity index (χ4v) is 3.45. The van der Waals surface area contributed by atoms with Crippen LogP contribution in [0.3, 0.4) is 0 Å². The molecule has 0 spiro atoms. The number of hydrogen-bond donors (Lipinski definition) is 1. The molecule has 6 nitrogen and oxygen atoms in total. The number of fused-ring (bicyclic) bond motifs is 1. The average Bonchev–Trinajstić information content (AvgIpc) is 2.71. The smallest absolute Gasteiger partial charge is 0.139 e. The first-order chi connectivity index (χ1) is 11.8. The van der Waals surface area contributed by atoms with Crippen molar-refractivity contribution in [1.82, 2.24) is 14.9 Å². The topological polar surface area (TPSA) is 53.5 Å². The number of aromatic nitrogens is 2. The number of anilines is 2. The first-order valence-corrected chi connectivity index (χ1v) is 8.51. The van der Waals surface area contributed by atoms with Gasteiger partial charge in [0.1, 0.15) is 23.7 Å². The van der Waals surface area contributed by atoms with Gasteiger partial charge in [0.2, 0.25) is 0 Å². The Morgan fingerprint density at radius 1 is 1.17 bits per heavy atom. The van der Waals surface area contributed by atoms with Crippen molar-refractivity contribution < 1.29 is 4.74 Å². The van der Waals surface area contributed by atoms with Crippen molar-refractivity contribution in [3.8, 4) is 5.75 Å². The summed E-state index contributed by atoms with van der Waals surface area (Å²) in [6.45, 7) is 4.78. The number of benzene rings is 1. The van der Waals surface area contributed by atoms with Gasteiger partial charge in [0.05, 0.1) is 19.3 Å². The van der Waals surface area contributed by atoms with Crippen LogP contribution in [0, 0.1) is 0 Å². The van der Waals surface area contributed by atoms with Crippen LogP contribution in [-0.4, -0.2) is 41.7 Å². The molecule has 6 heteroatoms. The molecule has 4 rings (SSSR count). The monoisotopic (exact) mass is 325 g/mol. The van der Waals surface area contributed by atoms with Crippen molar-refractivity contribution in [3.05, 3.63) is 41.7 Å². The van der Waals surface area contributed by atoms with Crippen LogP contribution in [0.5, 0.6) is 5.75 Å². The highest BCUT2D eigenvalue weighted by Gasteiger charge is 2.27. The normalized spacial score (nSPS) is 19.7. The van der Waals surface area contributed by atoms with Gasteiger partial charge in [0, 0.05) is 26.2 Å². The third-order valence-corrected chi connectivity index (χ3v) is 4.70. The van der Waals surface area contributed by atoms with E-state index in [-0.39, 0.29) is 0 Å². The highest BCUT2D eigenvalue weighted by molar-refractivity contribution is 5.60. The molecule has 2 bridgehead atoms. The molecule has 1 N–H and O–H groups in total. The molecular weight excluding hydrogens is 302 g/mol. The van der Waals surface area contributed by atoms with Crippen molar-refractivity contribution >= 4 is 11.6 Å². The second-order valence-corrected chi connectivity index (χ2v) is 6.40. The van der Waals surface area contributed by atoms with Crippen molar-refractivity contribution in [3.63, 3.8) is 0 Å². The summed E-state index contributed by atoms with van der Waals surface area (Å²) in [5.74, 6) is 2.94. The molecule has 0 saturated carbocycles. The Bertz CT molecular complexity index is 703. The first kappa shape index (κ1) is 15.2. The average molecular weight is 325 g/mol. The number of hydrogen-bond acceptors (Lipinski definition) is 6. The van der Waals surface area contributed by atoms with Gasteiger partial charge in [-0.25, -0.2) is 9.97 Å². The summed E-state index contributed by atoms with van der Waals surface area (Å²) in [5, 5.41) is 3.48. The van der Waals surface area contributed by atoms with Gasteiger partial charge in [0.15, 0.2) is 0 Å². The molecule has 2 aromatic rings. The van der Waals surface area contributed by atoms with Gasteiger partial charge in [-0.3, -0.25) is 4.90 Å². The van der Waals surface area contributed by atoms with Gasteiger partial charge in [0.25, 0.3) is 0 Å². The fourth-order valence-electron chi connectivity index (χ4n) is 3.45. The summed E-state index contributed by atoms with van der Waals surface area (Å²) in [7, 11) is 1.70. The molecule has 2 aliphatic heterocycles. The van der Waals surface area contributed by atoms with Crippen LogP contribution in [0.1, 0.15) is 24.0 Å². The minimum absolute atomic E-state index is 0.837. The Morgan fingerprint density at radius 3 is 2.88 bits per heavy atom. The van der Waals surface area contributed by atoms with Gasteiger partial charge < -0.3 is 15.0 Å². The zero-order valence-electron chi connectivity index (χ0n) is 14.0. The van der Waals surface area contributed by atoms with Gasteiger partial charge in [-0.05, 0) is 30.5 Å². The predicted molar refractivity (Wildman–Crippen MR) is 94.2 cm³/mol. The maximum atomic E-state index is 5.25. The Balaban J connectivity index is 1.64. The van der Waals surface area contributed by atoms with E-state index in [1.807, 2.05) is 12.1 Å². The van der Waals surface area contributed by atoms with Crippen LogP contribution in [0.25, 0.3) is 0 Å². The number of rotatable bonds is 3. The van der Waals surface area contributed by atoms with E-state index in [1.54, 1.807) is 13.4 Å².